The van der Waals surface area contributed by atoms with Crippen molar-refractivity contribution >= 4 is 5.52 Å². The highest BCUT2D eigenvalue weighted by atomic mass is 16.1. The van der Waals surface area contributed by atoms with Crippen LogP contribution in [0.4, 0.5) is 0 Å². The van der Waals surface area contributed by atoms with Crippen LogP contribution in [-0.2, 0) is 7.05 Å². The van der Waals surface area contributed by atoms with Crippen molar-refractivity contribution in [3.63, 3.8) is 0 Å². The van der Waals surface area contributed by atoms with E-state index < -0.39 is 0 Å². The van der Waals surface area contributed by atoms with Crippen LogP contribution in [-0.4, -0.2) is 18.7 Å². The molecule has 4 aromatic rings. The van der Waals surface area contributed by atoms with E-state index in [1.54, 1.807) is 15.4 Å². The van der Waals surface area contributed by atoms with Crippen molar-refractivity contribution < 1.29 is 0 Å². The van der Waals surface area contributed by atoms with Crippen LogP contribution >= 0.6 is 0 Å². The Hall–Kier alpha value is -3.52. The summed E-state index contributed by atoms with van der Waals surface area (Å²) >= 11 is 0. The van der Waals surface area contributed by atoms with Gasteiger partial charge in [-0.3, -0.25) is 14.0 Å². The van der Waals surface area contributed by atoms with Gasteiger partial charge in [0.05, 0.1) is 23.0 Å². The molecule has 3 aromatic heterocycles. The molecule has 0 fully saturated rings. The highest BCUT2D eigenvalue weighted by molar-refractivity contribution is 5.64. The van der Waals surface area contributed by atoms with Crippen molar-refractivity contribution in [3.05, 3.63) is 87.9 Å². The fourth-order valence-electron chi connectivity index (χ4n) is 3.31. The third kappa shape index (κ3) is 2.93. The Bertz CT molecular complexity index is 1280. The molecule has 0 atom stereocenters. The lowest BCUT2D eigenvalue weighted by Crippen LogP contribution is -2.25. The maximum absolute atomic E-state index is 13.5. The molecule has 0 aliphatic rings. The van der Waals surface area contributed by atoms with Crippen molar-refractivity contribution in [1.82, 2.24) is 18.7 Å². The predicted octanol–water partition coefficient (Wildman–Crippen LogP) is 3.66. The van der Waals surface area contributed by atoms with E-state index in [1.807, 2.05) is 67.2 Å². The van der Waals surface area contributed by atoms with Gasteiger partial charge in [0.25, 0.3) is 5.56 Å². The summed E-state index contributed by atoms with van der Waals surface area (Å²) in [6.45, 7) is 6.16. The van der Waals surface area contributed by atoms with Crippen LogP contribution in [0.25, 0.3) is 11.2 Å². The number of benzene rings is 1. The van der Waals surface area contributed by atoms with Crippen LogP contribution in [0.15, 0.2) is 59.8 Å². The lowest BCUT2D eigenvalue weighted by Gasteiger charge is -2.16. The summed E-state index contributed by atoms with van der Waals surface area (Å²) < 4.78 is 5.47. The van der Waals surface area contributed by atoms with Gasteiger partial charge in [-0.05, 0) is 31.0 Å². The maximum atomic E-state index is 13.5. The first-order valence-corrected chi connectivity index (χ1v) is 9.30. The summed E-state index contributed by atoms with van der Waals surface area (Å²) in [5, 5.41) is 4.22. The van der Waals surface area contributed by atoms with E-state index >= 15 is 0 Å². The second-order valence-corrected chi connectivity index (χ2v) is 7.19. The summed E-state index contributed by atoms with van der Waals surface area (Å²) in [6, 6.07) is 11.6. The largest absolute Gasteiger partial charge is 0.316 e. The standard InChI is InChI=1S/C23H22N4O/c1-16(2)21-15-26-13-12-18(10-11-19-14-24-25(4)17(19)3)22(26)23(28)27(21)20-8-6-5-7-9-20/h5-9,12-16H,1-4H3. The second-order valence-electron chi connectivity index (χ2n) is 7.19. The molecule has 4 rings (SSSR count). The van der Waals surface area contributed by atoms with Crippen LogP contribution in [0.3, 0.4) is 0 Å². The van der Waals surface area contributed by atoms with E-state index in [0.717, 1.165) is 22.6 Å². The molecule has 0 amide bonds. The van der Waals surface area contributed by atoms with E-state index in [9.17, 15) is 4.79 Å². The third-order valence-corrected chi connectivity index (χ3v) is 5.02. The SMILES string of the molecule is Cc1c(C#Cc2ccn3cc(C(C)C)n(-c4ccccc4)c(=O)c23)cnn1C. The van der Waals surface area contributed by atoms with Crippen LogP contribution < -0.4 is 5.56 Å². The number of aromatic nitrogens is 4. The minimum Gasteiger partial charge on any atom is -0.316 e. The zero-order chi connectivity index (χ0) is 19.8. The Kier molecular flexibility index (Phi) is 4.40. The molecule has 3 heterocycles. The molecule has 0 aliphatic carbocycles. The van der Waals surface area contributed by atoms with Crippen molar-refractivity contribution in [2.45, 2.75) is 26.7 Å². The van der Waals surface area contributed by atoms with Crippen LogP contribution in [0.2, 0.25) is 0 Å². The molecule has 0 radical (unpaired) electrons. The van der Waals surface area contributed by atoms with Gasteiger partial charge in [0.2, 0.25) is 0 Å². The first-order valence-electron chi connectivity index (χ1n) is 9.30. The average molecular weight is 370 g/mol. The van der Waals surface area contributed by atoms with Gasteiger partial charge in [0.15, 0.2) is 0 Å². The first-order chi connectivity index (χ1) is 13.5. The number of aryl methyl sites for hydroxylation is 1. The number of hydrogen-bond donors (Lipinski definition) is 0. The van der Waals surface area contributed by atoms with Gasteiger partial charge in [-0.1, -0.05) is 43.9 Å². The van der Waals surface area contributed by atoms with E-state index in [2.05, 4.69) is 30.8 Å². The number of rotatable bonds is 2. The normalized spacial score (nSPS) is 11.0. The van der Waals surface area contributed by atoms with Gasteiger partial charge < -0.3 is 4.40 Å². The van der Waals surface area contributed by atoms with Gasteiger partial charge in [-0.15, -0.1) is 0 Å². The zero-order valence-corrected chi connectivity index (χ0v) is 16.5. The van der Waals surface area contributed by atoms with Crippen LogP contribution in [0.5, 0.6) is 0 Å². The Morgan fingerprint density at radius 3 is 2.39 bits per heavy atom. The number of nitrogens with zero attached hydrogens (tertiary/aromatic N) is 4. The Balaban J connectivity index is 1.95. The fourth-order valence-corrected chi connectivity index (χ4v) is 3.31. The minimum absolute atomic E-state index is 0.0605. The van der Waals surface area contributed by atoms with Crippen molar-refractivity contribution in [3.8, 4) is 17.5 Å². The number of hydrogen-bond acceptors (Lipinski definition) is 2. The topological polar surface area (TPSA) is 44.2 Å². The van der Waals surface area contributed by atoms with Crippen molar-refractivity contribution in [2.24, 2.45) is 7.05 Å². The van der Waals surface area contributed by atoms with Gasteiger partial charge in [-0.25, -0.2) is 0 Å². The molecule has 140 valence electrons. The monoisotopic (exact) mass is 370 g/mol. The zero-order valence-electron chi connectivity index (χ0n) is 16.5. The maximum Gasteiger partial charge on any atom is 0.280 e. The van der Waals surface area contributed by atoms with Crippen LogP contribution in [0.1, 0.15) is 42.3 Å². The average Bonchev–Trinajstić information content (AvgIpc) is 3.24. The molecule has 28 heavy (non-hydrogen) atoms. The van der Waals surface area contributed by atoms with Gasteiger partial charge in [0.1, 0.15) is 5.52 Å². The lowest BCUT2D eigenvalue weighted by molar-refractivity contribution is 0.740. The molecular formula is C23H22N4O. The van der Waals surface area contributed by atoms with E-state index in [4.69, 9.17) is 0 Å². The molecule has 0 saturated carbocycles. The molecule has 0 bridgehead atoms. The Morgan fingerprint density at radius 2 is 1.75 bits per heavy atom. The summed E-state index contributed by atoms with van der Waals surface area (Å²) in [6.07, 6.45) is 5.67. The summed E-state index contributed by atoms with van der Waals surface area (Å²) in [5.41, 5.74) is 4.93. The summed E-state index contributed by atoms with van der Waals surface area (Å²) in [4.78, 5) is 13.5. The number of fused-ring (bicyclic) bond motifs is 1. The molecule has 1 aromatic carbocycles. The highest BCUT2D eigenvalue weighted by Crippen LogP contribution is 2.20. The highest BCUT2D eigenvalue weighted by Gasteiger charge is 2.16. The van der Waals surface area contributed by atoms with E-state index in [0.29, 0.717) is 11.1 Å². The van der Waals surface area contributed by atoms with Crippen LogP contribution in [0, 0.1) is 18.8 Å². The van der Waals surface area contributed by atoms with Crippen molar-refractivity contribution in [1.29, 1.82) is 0 Å². The fraction of sp³-hybridized carbons (Fsp3) is 0.217. The molecule has 0 aliphatic heterocycles. The van der Waals surface area contributed by atoms with Crippen molar-refractivity contribution in [2.75, 3.05) is 0 Å². The first kappa shape index (κ1) is 17.9. The number of para-hydroxylation sites is 1. The lowest BCUT2D eigenvalue weighted by atomic mass is 10.1. The third-order valence-electron chi connectivity index (χ3n) is 5.02. The molecule has 5 nitrogen and oxygen atoms in total. The van der Waals surface area contributed by atoms with E-state index in [1.165, 1.54) is 0 Å². The molecule has 0 N–H and O–H groups in total. The second kappa shape index (κ2) is 6.90. The summed E-state index contributed by atoms with van der Waals surface area (Å²) in [7, 11) is 1.89. The minimum atomic E-state index is -0.0605. The Labute approximate surface area is 163 Å². The van der Waals surface area contributed by atoms with E-state index in [-0.39, 0.29) is 11.5 Å². The smallest absolute Gasteiger partial charge is 0.280 e. The van der Waals surface area contributed by atoms with Gasteiger partial charge >= 0.3 is 0 Å². The molecule has 0 unspecified atom stereocenters. The quantitative estimate of drug-likeness (QED) is 0.506. The van der Waals surface area contributed by atoms with Gasteiger partial charge in [-0.2, -0.15) is 5.10 Å². The summed E-state index contributed by atoms with van der Waals surface area (Å²) in [5.74, 6) is 6.53. The molecule has 0 spiro atoms. The predicted molar refractivity (Wildman–Crippen MR) is 111 cm³/mol. The van der Waals surface area contributed by atoms with Gasteiger partial charge in [0, 0.05) is 30.8 Å². The molecular weight excluding hydrogens is 348 g/mol. The molecule has 0 saturated heterocycles. The Morgan fingerprint density at radius 1 is 1.04 bits per heavy atom. The molecule has 5 heteroatoms.